The molecule has 3 unspecified atom stereocenters. The SMILES string of the molecule is C#CN(C(=O)C(NC(=O)OC(C)(C)C)C(C)CC)C(C(=O)NCCCC)c1cccc(C)c1. The summed E-state index contributed by atoms with van der Waals surface area (Å²) in [5, 5.41) is 5.55. The smallest absolute Gasteiger partial charge is 0.408 e. The largest absolute Gasteiger partial charge is 0.444 e. The van der Waals surface area contributed by atoms with Crippen molar-refractivity contribution in [2.75, 3.05) is 6.54 Å². The maximum Gasteiger partial charge on any atom is 0.408 e. The number of unbranched alkanes of at least 4 members (excludes halogenated alkanes) is 1. The van der Waals surface area contributed by atoms with Crippen LogP contribution in [-0.2, 0) is 14.3 Å². The lowest BCUT2D eigenvalue weighted by Gasteiger charge is -2.32. The maximum absolute atomic E-state index is 13.6. The van der Waals surface area contributed by atoms with Gasteiger partial charge in [0, 0.05) is 12.6 Å². The van der Waals surface area contributed by atoms with E-state index in [0.29, 0.717) is 18.5 Å². The topological polar surface area (TPSA) is 87.7 Å². The van der Waals surface area contributed by atoms with Crippen molar-refractivity contribution in [1.29, 1.82) is 0 Å². The molecule has 0 aliphatic carbocycles. The standard InChI is InChI=1S/C26H39N3O4/c1-9-12-16-27-23(30)22(20-15-13-14-18(4)17-20)29(11-3)24(31)21(19(5)10-2)28-25(32)33-26(6,7)8/h3,13-15,17,19,21-22H,9-10,12,16H2,1-2,4-8H3,(H,27,30)(H,28,32). The third-order valence-electron chi connectivity index (χ3n) is 5.22. The molecule has 3 amide bonds. The van der Waals surface area contributed by atoms with Gasteiger partial charge in [0.1, 0.15) is 17.7 Å². The van der Waals surface area contributed by atoms with Gasteiger partial charge in [0.25, 0.3) is 5.91 Å². The fourth-order valence-electron chi connectivity index (χ4n) is 3.28. The summed E-state index contributed by atoms with van der Waals surface area (Å²) < 4.78 is 5.35. The number of terminal acetylenes is 1. The quantitative estimate of drug-likeness (QED) is 0.311. The highest BCUT2D eigenvalue weighted by molar-refractivity contribution is 5.93. The number of ether oxygens (including phenoxy) is 1. The molecule has 0 radical (unpaired) electrons. The number of alkyl carbamates (subject to hydrolysis) is 1. The van der Waals surface area contributed by atoms with Crippen molar-refractivity contribution in [3.05, 3.63) is 35.4 Å². The third kappa shape index (κ3) is 8.80. The lowest BCUT2D eigenvalue weighted by atomic mass is 9.95. The third-order valence-corrected chi connectivity index (χ3v) is 5.22. The van der Waals surface area contributed by atoms with Crippen LogP contribution < -0.4 is 10.6 Å². The van der Waals surface area contributed by atoms with Crippen LogP contribution in [0.4, 0.5) is 4.79 Å². The Morgan fingerprint density at radius 2 is 1.88 bits per heavy atom. The minimum Gasteiger partial charge on any atom is -0.444 e. The zero-order valence-electron chi connectivity index (χ0n) is 21.0. The van der Waals surface area contributed by atoms with E-state index < -0.39 is 29.7 Å². The van der Waals surface area contributed by atoms with E-state index in [9.17, 15) is 14.4 Å². The van der Waals surface area contributed by atoms with Gasteiger partial charge in [0.15, 0.2) is 0 Å². The van der Waals surface area contributed by atoms with Gasteiger partial charge in [-0.3, -0.25) is 14.5 Å². The number of nitrogens with zero attached hydrogens (tertiary/aromatic N) is 1. The van der Waals surface area contributed by atoms with Gasteiger partial charge < -0.3 is 15.4 Å². The highest BCUT2D eigenvalue weighted by Crippen LogP contribution is 2.24. The molecule has 1 aromatic carbocycles. The number of hydrogen-bond donors (Lipinski definition) is 2. The number of nitrogens with one attached hydrogen (secondary N) is 2. The van der Waals surface area contributed by atoms with Crippen LogP contribution in [0, 0.1) is 25.3 Å². The van der Waals surface area contributed by atoms with Gasteiger partial charge in [-0.2, -0.15) is 0 Å². The first-order valence-electron chi connectivity index (χ1n) is 11.6. The first-order chi connectivity index (χ1) is 15.4. The maximum atomic E-state index is 13.6. The van der Waals surface area contributed by atoms with Gasteiger partial charge in [-0.05, 0) is 45.6 Å². The molecule has 0 aliphatic rings. The first kappa shape index (κ1) is 28.0. The Morgan fingerprint density at radius 3 is 2.39 bits per heavy atom. The Bertz CT molecular complexity index is 854. The molecule has 0 heterocycles. The monoisotopic (exact) mass is 457 g/mol. The van der Waals surface area contributed by atoms with Gasteiger partial charge in [-0.1, -0.05) is 69.9 Å². The van der Waals surface area contributed by atoms with E-state index in [1.54, 1.807) is 26.8 Å². The predicted molar refractivity (Wildman–Crippen MR) is 130 cm³/mol. The lowest BCUT2D eigenvalue weighted by molar-refractivity contribution is -0.139. The minimum absolute atomic E-state index is 0.234. The molecule has 0 spiro atoms. The molecule has 0 fully saturated rings. The second kappa shape index (κ2) is 12.9. The summed E-state index contributed by atoms with van der Waals surface area (Å²) in [5.41, 5.74) is 0.825. The van der Waals surface area contributed by atoms with E-state index in [1.807, 2.05) is 45.9 Å². The lowest BCUT2D eigenvalue weighted by Crippen LogP contribution is -2.54. The molecule has 0 saturated carbocycles. The van der Waals surface area contributed by atoms with Crippen LogP contribution in [0.15, 0.2) is 24.3 Å². The Kier molecular flexibility index (Phi) is 10.9. The van der Waals surface area contributed by atoms with Crippen molar-refractivity contribution >= 4 is 17.9 Å². The second-order valence-electron chi connectivity index (χ2n) is 9.31. The predicted octanol–water partition coefficient (Wildman–Crippen LogP) is 4.31. The highest BCUT2D eigenvalue weighted by atomic mass is 16.6. The molecule has 7 nitrogen and oxygen atoms in total. The van der Waals surface area contributed by atoms with Crippen LogP contribution >= 0.6 is 0 Å². The van der Waals surface area contributed by atoms with Crippen molar-refractivity contribution < 1.29 is 19.1 Å². The molecule has 3 atom stereocenters. The molecule has 0 saturated heterocycles. The molecular formula is C26H39N3O4. The summed E-state index contributed by atoms with van der Waals surface area (Å²) in [6.45, 7) is 13.4. The van der Waals surface area contributed by atoms with Crippen molar-refractivity contribution in [2.45, 2.75) is 85.4 Å². The van der Waals surface area contributed by atoms with Crippen molar-refractivity contribution in [2.24, 2.45) is 5.92 Å². The van der Waals surface area contributed by atoms with Crippen molar-refractivity contribution in [3.63, 3.8) is 0 Å². The van der Waals surface area contributed by atoms with E-state index in [-0.39, 0.29) is 11.8 Å². The van der Waals surface area contributed by atoms with Gasteiger partial charge in [0.2, 0.25) is 5.91 Å². The normalized spacial score (nSPS) is 13.8. The van der Waals surface area contributed by atoms with Crippen LogP contribution in [0.2, 0.25) is 0 Å². The van der Waals surface area contributed by atoms with E-state index in [0.717, 1.165) is 23.3 Å². The van der Waals surface area contributed by atoms with Crippen LogP contribution in [-0.4, -0.2) is 41.0 Å². The Balaban J connectivity index is 3.34. The zero-order chi connectivity index (χ0) is 25.2. The van der Waals surface area contributed by atoms with Crippen molar-refractivity contribution in [3.8, 4) is 12.5 Å². The number of benzene rings is 1. The number of hydrogen-bond acceptors (Lipinski definition) is 4. The molecule has 0 aliphatic heterocycles. The number of rotatable bonds is 10. The average Bonchev–Trinajstić information content (AvgIpc) is 2.73. The van der Waals surface area contributed by atoms with Gasteiger partial charge in [-0.15, -0.1) is 0 Å². The number of amides is 3. The molecule has 7 heteroatoms. The summed E-state index contributed by atoms with van der Waals surface area (Å²) in [4.78, 5) is 40.4. The minimum atomic E-state index is -1.02. The zero-order valence-corrected chi connectivity index (χ0v) is 21.0. The fourth-order valence-corrected chi connectivity index (χ4v) is 3.28. The number of carbonyl (C=O) groups is 3. The van der Waals surface area contributed by atoms with Crippen LogP contribution in [0.25, 0.3) is 0 Å². The Morgan fingerprint density at radius 1 is 1.21 bits per heavy atom. The van der Waals surface area contributed by atoms with E-state index >= 15 is 0 Å². The molecule has 1 aromatic rings. The van der Waals surface area contributed by atoms with Gasteiger partial charge >= 0.3 is 6.09 Å². The van der Waals surface area contributed by atoms with Crippen LogP contribution in [0.3, 0.4) is 0 Å². The van der Waals surface area contributed by atoms with Crippen LogP contribution in [0.1, 0.15) is 78.0 Å². The van der Waals surface area contributed by atoms with Crippen LogP contribution in [0.5, 0.6) is 0 Å². The second-order valence-corrected chi connectivity index (χ2v) is 9.31. The molecular weight excluding hydrogens is 418 g/mol. The van der Waals surface area contributed by atoms with Gasteiger partial charge in [-0.25, -0.2) is 4.79 Å². The highest BCUT2D eigenvalue weighted by Gasteiger charge is 2.37. The Labute approximate surface area is 198 Å². The summed E-state index contributed by atoms with van der Waals surface area (Å²) in [6.07, 6.45) is 7.42. The van der Waals surface area contributed by atoms with E-state index in [2.05, 4.69) is 16.7 Å². The molecule has 2 N–H and O–H groups in total. The summed E-state index contributed by atoms with van der Waals surface area (Å²) in [5.74, 6) is -1.13. The molecule has 0 aromatic heterocycles. The van der Waals surface area contributed by atoms with E-state index in [4.69, 9.17) is 11.2 Å². The fraction of sp³-hybridized carbons (Fsp3) is 0.577. The van der Waals surface area contributed by atoms with Crippen molar-refractivity contribution in [1.82, 2.24) is 15.5 Å². The van der Waals surface area contributed by atoms with Gasteiger partial charge in [0.05, 0.1) is 0 Å². The Hall–Kier alpha value is -3.01. The number of carbonyl (C=O) groups excluding carboxylic acids is 3. The average molecular weight is 458 g/mol. The number of aryl methyl sites for hydroxylation is 1. The molecule has 1 rings (SSSR count). The molecule has 182 valence electrons. The first-order valence-corrected chi connectivity index (χ1v) is 11.6. The summed E-state index contributed by atoms with van der Waals surface area (Å²) in [7, 11) is 0. The summed E-state index contributed by atoms with van der Waals surface area (Å²) >= 11 is 0. The summed E-state index contributed by atoms with van der Waals surface area (Å²) in [6, 6.07) is 7.77. The van der Waals surface area contributed by atoms with E-state index in [1.165, 1.54) is 0 Å². The molecule has 0 bridgehead atoms. The molecule has 33 heavy (non-hydrogen) atoms.